The Morgan fingerprint density at radius 3 is 1.22 bits per heavy atom. The van der Waals surface area contributed by atoms with Crippen LogP contribution in [0.5, 0.6) is 11.5 Å². The third-order valence-corrected chi connectivity index (χ3v) is 11.7. The van der Waals surface area contributed by atoms with Gasteiger partial charge in [0, 0.05) is 33.8 Å². The first kappa shape index (κ1) is 35.2. The summed E-state index contributed by atoms with van der Waals surface area (Å²) in [6.07, 6.45) is 0. The molecule has 0 N–H and O–H groups in total. The van der Waals surface area contributed by atoms with Gasteiger partial charge in [-0.15, -0.1) is 0 Å². The third-order valence-electron chi connectivity index (χ3n) is 11.7. The van der Waals surface area contributed by atoms with Gasteiger partial charge in [-0.05, 0) is 115 Å². The number of nitrogens with zero attached hydrogens (tertiary/aromatic N) is 1. The first-order chi connectivity index (χ1) is 29.7. The average Bonchev–Trinajstić information content (AvgIpc) is 3.46. The molecular weight excluding hydrogens is 727 g/mol. The number of hydrogen-bond acceptors (Lipinski definition) is 2. The number of hydrogen-bond donors (Lipinski definition) is 0. The third kappa shape index (κ3) is 6.41. The highest BCUT2D eigenvalue weighted by atomic mass is 16.5. The van der Waals surface area contributed by atoms with Crippen molar-refractivity contribution in [1.29, 1.82) is 0 Å². The maximum atomic E-state index is 7.11. The van der Waals surface area contributed by atoms with Crippen molar-refractivity contribution in [2.45, 2.75) is 0 Å². The molecule has 11 rings (SSSR count). The first-order valence-corrected chi connectivity index (χ1v) is 20.5. The molecule has 60 heavy (non-hydrogen) atoms. The van der Waals surface area contributed by atoms with E-state index in [9.17, 15) is 0 Å². The number of benzene rings is 10. The van der Waals surface area contributed by atoms with Crippen LogP contribution in [0.2, 0.25) is 0 Å². The van der Waals surface area contributed by atoms with Crippen molar-refractivity contribution in [3.05, 3.63) is 237 Å². The van der Waals surface area contributed by atoms with Crippen molar-refractivity contribution >= 4 is 27.8 Å². The molecule has 1 aliphatic rings. The quantitative estimate of drug-likeness (QED) is 0.160. The zero-order valence-electron chi connectivity index (χ0n) is 32.9. The Balaban J connectivity index is 1.04. The molecule has 282 valence electrons. The maximum absolute atomic E-state index is 7.11. The summed E-state index contributed by atoms with van der Waals surface area (Å²) in [4.78, 5) is 2.34. The highest BCUT2D eigenvalue weighted by molar-refractivity contribution is 6.04. The average molecular weight is 766 g/mol. The molecule has 0 atom stereocenters. The van der Waals surface area contributed by atoms with Crippen LogP contribution in [0.15, 0.2) is 237 Å². The van der Waals surface area contributed by atoms with Gasteiger partial charge in [0.1, 0.15) is 11.5 Å². The zero-order chi connectivity index (χ0) is 39.8. The fraction of sp³-hybridized carbons (Fsp3) is 0. The van der Waals surface area contributed by atoms with Crippen LogP contribution in [0.25, 0.3) is 77.5 Å². The largest absolute Gasteiger partial charge is 0.455 e. The van der Waals surface area contributed by atoms with Crippen LogP contribution in [0.3, 0.4) is 0 Å². The van der Waals surface area contributed by atoms with E-state index < -0.39 is 0 Å². The summed E-state index contributed by atoms with van der Waals surface area (Å²) in [7, 11) is 0. The lowest BCUT2D eigenvalue weighted by atomic mass is 9.87. The standard InChI is InChI=1S/C58H39NO/c1-4-14-40(15-5-1)42-26-32-48(33-27-42)59(49-34-28-43(29-35-49)41-16-6-2-7-17-41)50-36-30-45(31-37-50)51-22-13-25-56-57(51)55-39-47-21-11-10-20-46(47)38-54(55)53-24-12-23-52(58(53)60-56)44-18-8-3-9-19-44/h1-39H. The minimum Gasteiger partial charge on any atom is -0.455 e. The predicted octanol–water partition coefficient (Wildman–Crippen LogP) is 16.4. The number of fused-ring (bicyclic) bond motifs is 6. The molecule has 0 radical (unpaired) electrons. The van der Waals surface area contributed by atoms with E-state index in [1.165, 1.54) is 33.0 Å². The van der Waals surface area contributed by atoms with Gasteiger partial charge in [-0.2, -0.15) is 0 Å². The van der Waals surface area contributed by atoms with E-state index >= 15 is 0 Å². The summed E-state index contributed by atoms with van der Waals surface area (Å²) >= 11 is 0. The molecule has 10 aromatic carbocycles. The Labute approximate surface area is 350 Å². The van der Waals surface area contributed by atoms with Crippen LogP contribution in [-0.2, 0) is 0 Å². The van der Waals surface area contributed by atoms with Crippen molar-refractivity contribution < 1.29 is 4.74 Å². The van der Waals surface area contributed by atoms with E-state index in [-0.39, 0.29) is 0 Å². The normalized spacial score (nSPS) is 11.5. The minimum atomic E-state index is 0.842. The van der Waals surface area contributed by atoms with Gasteiger partial charge in [-0.1, -0.05) is 182 Å². The summed E-state index contributed by atoms with van der Waals surface area (Å²) in [5, 5.41) is 2.40. The van der Waals surface area contributed by atoms with E-state index in [1.54, 1.807) is 0 Å². The van der Waals surface area contributed by atoms with Gasteiger partial charge >= 0.3 is 0 Å². The Kier molecular flexibility index (Phi) is 8.87. The van der Waals surface area contributed by atoms with Gasteiger partial charge in [-0.3, -0.25) is 0 Å². The topological polar surface area (TPSA) is 12.5 Å². The van der Waals surface area contributed by atoms with E-state index in [1.807, 2.05) is 0 Å². The van der Waals surface area contributed by atoms with Crippen molar-refractivity contribution in [2.24, 2.45) is 0 Å². The Morgan fingerprint density at radius 1 is 0.267 bits per heavy atom. The van der Waals surface area contributed by atoms with Crippen LogP contribution in [0.1, 0.15) is 0 Å². The molecule has 0 bridgehead atoms. The molecule has 2 nitrogen and oxygen atoms in total. The van der Waals surface area contributed by atoms with Gasteiger partial charge < -0.3 is 9.64 Å². The molecule has 1 heterocycles. The second-order valence-electron chi connectivity index (χ2n) is 15.3. The van der Waals surface area contributed by atoms with Gasteiger partial charge in [0.25, 0.3) is 0 Å². The second-order valence-corrected chi connectivity index (χ2v) is 15.3. The molecule has 0 aromatic heterocycles. The SMILES string of the molecule is c1ccc(-c2ccc(N(c3ccc(-c4ccccc4)cc3)c3ccc(-c4cccc5c4-c4cc6ccccc6cc4-c4cccc(-c6ccccc6)c4O5)cc3)cc2)cc1. The van der Waals surface area contributed by atoms with Crippen LogP contribution < -0.4 is 9.64 Å². The van der Waals surface area contributed by atoms with E-state index in [0.29, 0.717) is 0 Å². The van der Waals surface area contributed by atoms with Gasteiger partial charge in [-0.25, -0.2) is 0 Å². The lowest BCUT2D eigenvalue weighted by Crippen LogP contribution is -2.09. The molecule has 0 fully saturated rings. The van der Waals surface area contributed by atoms with Crippen molar-refractivity contribution in [3.63, 3.8) is 0 Å². The molecule has 10 aromatic rings. The molecule has 1 aliphatic heterocycles. The zero-order valence-corrected chi connectivity index (χ0v) is 32.9. The van der Waals surface area contributed by atoms with Gasteiger partial charge in [0.15, 0.2) is 0 Å². The molecule has 0 amide bonds. The monoisotopic (exact) mass is 765 g/mol. The van der Waals surface area contributed by atoms with Crippen LogP contribution in [0.4, 0.5) is 17.1 Å². The number of rotatable bonds is 7. The number of para-hydroxylation sites is 1. The van der Waals surface area contributed by atoms with Crippen molar-refractivity contribution in [2.75, 3.05) is 4.90 Å². The minimum absolute atomic E-state index is 0.842. The summed E-state index contributed by atoms with van der Waals surface area (Å²) in [5.41, 5.74) is 17.0. The van der Waals surface area contributed by atoms with Crippen LogP contribution >= 0.6 is 0 Å². The summed E-state index contributed by atoms with van der Waals surface area (Å²) in [6, 6.07) is 84.7. The highest BCUT2D eigenvalue weighted by Gasteiger charge is 2.26. The van der Waals surface area contributed by atoms with Gasteiger partial charge in [0.2, 0.25) is 0 Å². The van der Waals surface area contributed by atoms with Crippen LogP contribution in [-0.4, -0.2) is 0 Å². The Morgan fingerprint density at radius 2 is 0.667 bits per heavy atom. The fourth-order valence-electron chi connectivity index (χ4n) is 8.72. The predicted molar refractivity (Wildman–Crippen MR) is 251 cm³/mol. The lowest BCUT2D eigenvalue weighted by Gasteiger charge is -2.26. The molecule has 0 saturated heterocycles. The number of ether oxygens (including phenoxy) is 1. The second kappa shape index (κ2) is 15.1. The smallest absolute Gasteiger partial charge is 0.143 e. The summed E-state index contributed by atoms with van der Waals surface area (Å²) in [5.74, 6) is 1.72. The molecule has 0 aliphatic carbocycles. The fourth-order valence-corrected chi connectivity index (χ4v) is 8.72. The molecule has 0 spiro atoms. The Bertz CT molecular complexity index is 3040. The lowest BCUT2D eigenvalue weighted by molar-refractivity contribution is 0.489. The Hall–Kier alpha value is -7.94. The van der Waals surface area contributed by atoms with Crippen molar-refractivity contribution in [3.8, 4) is 78.3 Å². The summed E-state index contributed by atoms with van der Waals surface area (Å²) < 4.78 is 7.11. The van der Waals surface area contributed by atoms with E-state index in [0.717, 1.165) is 73.1 Å². The maximum Gasteiger partial charge on any atom is 0.143 e. The molecule has 0 unspecified atom stereocenters. The molecular formula is C58H39NO. The first-order valence-electron chi connectivity index (χ1n) is 20.5. The molecule has 0 saturated carbocycles. The molecule has 2 heteroatoms. The summed E-state index contributed by atoms with van der Waals surface area (Å²) in [6.45, 7) is 0. The number of anilines is 3. The van der Waals surface area contributed by atoms with E-state index in [2.05, 4.69) is 241 Å². The highest BCUT2D eigenvalue weighted by Crippen LogP contribution is 2.53. The van der Waals surface area contributed by atoms with Crippen LogP contribution in [0, 0.1) is 0 Å². The van der Waals surface area contributed by atoms with E-state index in [4.69, 9.17) is 4.74 Å². The van der Waals surface area contributed by atoms with Crippen molar-refractivity contribution in [1.82, 2.24) is 0 Å². The van der Waals surface area contributed by atoms with Gasteiger partial charge in [0.05, 0.1) is 0 Å².